The van der Waals surface area contributed by atoms with Gasteiger partial charge >= 0.3 is 5.97 Å². The number of carbonyl (C=O) groups is 2. The molecule has 3 aromatic rings. The van der Waals surface area contributed by atoms with Crippen LogP contribution in [0.15, 0.2) is 47.4 Å². The van der Waals surface area contributed by atoms with E-state index in [4.69, 9.17) is 16.9 Å². The summed E-state index contributed by atoms with van der Waals surface area (Å²) >= 11 is 0. The highest BCUT2D eigenvalue weighted by Gasteiger charge is 2.22. The van der Waals surface area contributed by atoms with Crippen molar-refractivity contribution in [1.29, 1.82) is 5.41 Å². The van der Waals surface area contributed by atoms with E-state index in [9.17, 15) is 19.5 Å². The van der Waals surface area contributed by atoms with Crippen molar-refractivity contribution in [1.82, 2.24) is 19.9 Å². The van der Waals surface area contributed by atoms with Crippen molar-refractivity contribution < 1.29 is 14.7 Å². The molecule has 1 saturated carbocycles. The Morgan fingerprint density at radius 3 is 2.53 bits per heavy atom. The lowest BCUT2D eigenvalue weighted by atomic mass is 9.93. The molecular weight excluding hydrogens is 464 g/mol. The van der Waals surface area contributed by atoms with Gasteiger partial charge in [0.15, 0.2) is 11.5 Å². The van der Waals surface area contributed by atoms with Gasteiger partial charge in [-0.15, -0.1) is 0 Å². The van der Waals surface area contributed by atoms with Crippen molar-refractivity contribution in [3.8, 4) is 11.3 Å². The molecule has 12 nitrogen and oxygen atoms in total. The topological polar surface area (TPSA) is 202 Å². The fourth-order valence-electron chi connectivity index (χ4n) is 3.73. The first-order chi connectivity index (χ1) is 17.2. The summed E-state index contributed by atoms with van der Waals surface area (Å²) in [5.74, 6) is -1.68. The Morgan fingerprint density at radius 2 is 1.92 bits per heavy atom. The first-order valence-corrected chi connectivity index (χ1v) is 11.3. The number of pyridine rings is 1. The Balaban J connectivity index is 1.62. The summed E-state index contributed by atoms with van der Waals surface area (Å²) < 4.78 is 1.24. The largest absolute Gasteiger partial charge is 0.477 e. The van der Waals surface area contributed by atoms with E-state index in [0.717, 1.165) is 24.8 Å². The second-order valence-corrected chi connectivity index (χ2v) is 8.51. The molecule has 4 rings (SSSR count). The molecule has 186 valence electrons. The number of carbonyl (C=O) groups excluding carboxylic acids is 1. The maximum absolute atomic E-state index is 13.3. The quantitative estimate of drug-likeness (QED) is 0.188. The van der Waals surface area contributed by atoms with Crippen molar-refractivity contribution in [2.24, 2.45) is 5.73 Å². The number of nitrogen functional groups attached to an aromatic ring is 2. The maximum Gasteiger partial charge on any atom is 0.354 e. The van der Waals surface area contributed by atoms with Crippen LogP contribution in [0.25, 0.3) is 11.3 Å². The normalized spacial score (nSPS) is 13.0. The zero-order chi connectivity index (χ0) is 25.8. The molecule has 0 saturated heterocycles. The zero-order valence-electron chi connectivity index (χ0n) is 19.3. The maximum atomic E-state index is 13.3. The van der Waals surface area contributed by atoms with Crippen molar-refractivity contribution in [2.75, 3.05) is 11.1 Å². The van der Waals surface area contributed by atoms with E-state index in [1.54, 1.807) is 24.3 Å². The smallest absolute Gasteiger partial charge is 0.354 e. The average Bonchev–Trinajstić information content (AvgIpc) is 2.82. The predicted octanol–water partition coefficient (Wildman–Crippen LogP) is 1.15. The monoisotopic (exact) mass is 490 g/mol. The number of amides is 1. The number of hydrogen-bond donors (Lipinski definition) is 6. The number of hydrogen-bond acceptors (Lipinski definition) is 8. The van der Waals surface area contributed by atoms with E-state index in [1.807, 2.05) is 0 Å². The molecule has 1 aromatic carbocycles. The van der Waals surface area contributed by atoms with Crippen LogP contribution in [0.5, 0.6) is 0 Å². The van der Waals surface area contributed by atoms with E-state index >= 15 is 0 Å². The second-order valence-electron chi connectivity index (χ2n) is 8.51. The van der Waals surface area contributed by atoms with E-state index in [0.29, 0.717) is 11.1 Å². The van der Waals surface area contributed by atoms with Gasteiger partial charge in [-0.05, 0) is 37.0 Å². The molecule has 12 heteroatoms. The molecule has 8 N–H and O–H groups in total. The van der Waals surface area contributed by atoms with Crippen LogP contribution in [-0.2, 0) is 17.9 Å². The molecule has 1 aliphatic rings. The molecule has 2 aromatic heterocycles. The third kappa shape index (κ3) is 5.49. The number of carboxylic acid groups (broad SMARTS) is 1. The molecule has 0 bridgehead atoms. The van der Waals surface area contributed by atoms with Crippen molar-refractivity contribution in [3.05, 3.63) is 69.8 Å². The van der Waals surface area contributed by atoms with Gasteiger partial charge in [0, 0.05) is 23.7 Å². The summed E-state index contributed by atoms with van der Waals surface area (Å²) in [5.41, 5.74) is 12.3. The highest BCUT2D eigenvalue weighted by atomic mass is 16.4. The molecule has 1 aliphatic carbocycles. The highest BCUT2D eigenvalue weighted by Crippen LogP contribution is 2.24. The Labute approximate surface area is 205 Å². The lowest BCUT2D eigenvalue weighted by Gasteiger charge is -2.27. The van der Waals surface area contributed by atoms with Gasteiger partial charge in [0.1, 0.15) is 18.2 Å². The first kappa shape index (κ1) is 24.4. The fraction of sp³-hybridized carbons (Fsp3) is 0.250. The van der Waals surface area contributed by atoms with Gasteiger partial charge in [-0.2, -0.15) is 0 Å². The van der Waals surface area contributed by atoms with Gasteiger partial charge in [0.2, 0.25) is 5.91 Å². The van der Waals surface area contributed by atoms with Gasteiger partial charge in [-0.1, -0.05) is 24.3 Å². The molecule has 0 atom stereocenters. The molecule has 36 heavy (non-hydrogen) atoms. The Hall–Kier alpha value is -4.74. The van der Waals surface area contributed by atoms with Crippen LogP contribution in [0.2, 0.25) is 0 Å². The zero-order valence-corrected chi connectivity index (χ0v) is 19.3. The van der Waals surface area contributed by atoms with Crippen LogP contribution < -0.4 is 27.7 Å². The number of amidine groups is 1. The minimum Gasteiger partial charge on any atom is -0.477 e. The fourth-order valence-corrected chi connectivity index (χ4v) is 3.73. The van der Waals surface area contributed by atoms with E-state index in [2.05, 4.69) is 20.6 Å². The van der Waals surface area contributed by atoms with Crippen LogP contribution in [-0.4, -0.2) is 43.4 Å². The third-order valence-electron chi connectivity index (χ3n) is 5.92. The third-order valence-corrected chi connectivity index (χ3v) is 5.92. The number of nitrogens with one attached hydrogen (secondary N) is 3. The molecule has 0 aliphatic heterocycles. The van der Waals surface area contributed by atoms with Crippen LogP contribution in [0, 0.1) is 5.41 Å². The first-order valence-electron chi connectivity index (χ1n) is 11.3. The lowest BCUT2D eigenvalue weighted by Crippen LogP contribution is -2.37. The number of nitrogens with two attached hydrogens (primary N) is 2. The van der Waals surface area contributed by atoms with Gasteiger partial charge in [0.05, 0.1) is 11.9 Å². The number of anilines is 2. The lowest BCUT2D eigenvalue weighted by molar-refractivity contribution is -0.121. The molecule has 0 spiro atoms. The predicted molar refractivity (Wildman–Crippen MR) is 134 cm³/mol. The van der Waals surface area contributed by atoms with Gasteiger partial charge in [-0.25, -0.2) is 14.8 Å². The number of carboxylic acids is 1. The SMILES string of the molecule is N=C(N)c1ccc(CNC(=O)Cn2c(-c3cc(N)nc(C(=O)O)c3)cnc(NC3CCC3)c2=O)cc1. The molecule has 0 unspecified atom stereocenters. The van der Waals surface area contributed by atoms with E-state index in [-0.39, 0.29) is 48.0 Å². The van der Waals surface area contributed by atoms with Crippen LogP contribution in [0.4, 0.5) is 11.6 Å². The minimum atomic E-state index is -1.28. The van der Waals surface area contributed by atoms with Crippen LogP contribution >= 0.6 is 0 Å². The summed E-state index contributed by atoms with van der Waals surface area (Å²) in [6.07, 6.45) is 4.33. The summed E-state index contributed by atoms with van der Waals surface area (Å²) in [5, 5.41) is 22.7. The van der Waals surface area contributed by atoms with E-state index in [1.165, 1.54) is 22.9 Å². The summed E-state index contributed by atoms with van der Waals surface area (Å²) in [4.78, 5) is 45.7. The van der Waals surface area contributed by atoms with Crippen LogP contribution in [0.3, 0.4) is 0 Å². The average molecular weight is 491 g/mol. The number of nitrogens with zero attached hydrogens (tertiary/aromatic N) is 3. The summed E-state index contributed by atoms with van der Waals surface area (Å²) in [7, 11) is 0. The summed E-state index contributed by atoms with van der Waals surface area (Å²) in [6, 6.07) is 9.70. The van der Waals surface area contributed by atoms with Gasteiger partial charge < -0.3 is 27.2 Å². The van der Waals surface area contributed by atoms with E-state index < -0.39 is 17.4 Å². The number of benzene rings is 1. The molecular formula is C24H26N8O4. The number of aromatic carboxylic acids is 1. The molecule has 1 fully saturated rings. The molecule has 2 heterocycles. The summed E-state index contributed by atoms with van der Waals surface area (Å²) in [6.45, 7) is -0.128. The van der Waals surface area contributed by atoms with Crippen LogP contribution in [0.1, 0.15) is 40.9 Å². The molecule has 0 radical (unpaired) electrons. The Bertz CT molecular complexity index is 1380. The number of aromatic nitrogens is 3. The highest BCUT2D eigenvalue weighted by molar-refractivity contribution is 5.94. The Kier molecular flexibility index (Phi) is 6.95. The number of rotatable bonds is 9. The minimum absolute atomic E-state index is 0.0426. The second kappa shape index (κ2) is 10.3. The van der Waals surface area contributed by atoms with Crippen molar-refractivity contribution >= 4 is 29.3 Å². The molecule has 1 amide bonds. The van der Waals surface area contributed by atoms with Gasteiger partial charge in [0.25, 0.3) is 5.56 Å². The Morgan fingerprint density at radius 1 is 1.19 bits per heavy atom. The standard InChI is InChI=1S/C24H26N8O4/c25-19-9-15(8-17(31-19)24(35)36)18-11-29-22(30-16-2-1-3-16)23(34)32(18)12-20(33)28-10-13-4-6-14(7-5-13)21(26)27/h4-9,11,16H,1-3,10,12H2,(H2,25,31)(H3,26,27)(H,28,33)(H,29,30)(H,35,36). The van der Waals surface area contributed by atoms with Crippen molar-refractivity contribution in [2.45, 2.75) is 38.4 Å². The van der Waals surface area contributed by atoms with Crippen molar-refractivity contribution in [3.63, 3.8) is 0 Å². The van der Waals surface area contributed by atoms with Gasteiger partial charge in [-0.3, -0.25) is 19.6 Å².